The van der Waals surface area contributed by atoms with E-state index < -0.39 is 12.1 Å². The number of carboxylic acids is 1. The minimum absolute atomic E-state index is 0.179. The third kappa shape index (κ3) is 16.7. The molecular weight excluding hydrogens is 304 g/mol. The molecule has 0 saturated carbocycles. The summed E-state index contributed by atoms with van der Waals surface area (Å²) < 4.78 is 0. The quantitative estimate of drug-likeness (QED) is 0.253. The van der Waals surface area contributed by atoms with E-state index in [0.29, 0.717) is 19.3 Å². The van der Waals surface area contributed by atoms with E-state index in [2.05, 4.69) is 6.92 Å². The minimum Gasteiger partial charge on any atom is -0.481 e. The lowest BCUT2D eigenvalue weighted by molar-refractivity contribution is -0.137. The summed E-state index contributed by atoms with van der Waals surface area (Å²) in [6, 6.07) is 0. The zero-order chi connectivity index (χ0) is 18.0. The van der Waals surface area contributed by atoms with Crippen molar-refractivity contribution in [1.82, 2.24) is 0 Å². The molecule has 0 aromatic carbocycles. The van der Waals surface area contributed by atoms with Gasteiger partial charge in [0.1, 0.15) is 0 Å². The molecule has 0 spiro atoms. The maximum Gasteiger partial charge on any atom is 0.303 e. The Bertz CT molecular complexity index is 421. The largest absolute Gasteiger partial charge is 0.481 e. The van der Waals surface area contributed by atoms with Crippen LogP contribution in [0.4, 0.5) is 0 Å². The van der Waals surface area contributed by atoms with Gasteiger partial charge in [0, 0.05) is 6.42 Å². The third-order valence-corrected chi connectivity index (χ3v) is 3.41. The molecule has 0 unspecified atom stereocenters. The fourth-order valence-corrected chi connectivity index (χ4v) is 2.02. The van der Waals surface area contributed by atoms with Crippen molar-refractivity contribution in [3.8, 4) is 0 Å². The van der Waals surface area contributed by atoms with E-state index in [0.717, 1.165) is 25.7 Å². The van der Waals surface area contributed by atoms with Gasteiger partial charge in [-0.05, 0) is 25.7 Å². The van der Waals surface area contributed by atoms with Gasteiger partial charge in [-0.1, -0.05) is 74.8 Å². The highest BCUT2D eigenvalue weighted by atomic mass is 16.4. The molecule has 0 saturated heterocycles. The van der Waals surface area contributed by atoms with Gasteiger partial charge in [0.25, 0.3) is 0 Å². The fraction of sp³-hybridized carbons (Fsp3) is 0.550. The molecule has 0 aliphatic rings. The summed E-state index contributed by atoms with van der Waals surface area (Å²) in [5.41, 5.74) is 0. The Kier molecular flexibility index (Phi) is 15.1. The molecule has 4 nitrogen and oxygen atoms in total. The number of aliphatic hydroxyl groups is 2. The summed E-state index contributed by atoms with van der Waals surface area (Å²) in [6.07, 6.45) is 19.7. The summed E-state index contributed by atoms with van der Waals surface area (Å²) in [6.45, 7) is 2.14. The number of carboxylic acid groups (broad SMARTS) is 1. The number of aliphatic hydroxyl groups excluding tert-OH is 2. The average Bonchev–Trinajstić information content (AvgIpc) is 2.54. The highest BCUT2D eigenvalue weighted by molar-refractivity contribution is 5.66. The Hall–Kier alpha value is -1.65. The van der Waals surface area contributed by atoms with Gasteiger partial charge in [-0.3, -0.25) is 4.79 Å². The van der Waals surface area contributed by atoms with Crippen molar-refractivity contribution in [3.05, 3.63) is 48.6 Å². The van der Waals surface area contributed by atoms with Crippen LogP contribution in [0.25, 0.3) is 0 Å². The molecular formula is C20H32O4. The van der Waals surface area contributed by atoms with E-state index in [1.807, 2.05) is 30.4 Å². The topological polar surface area (TPSA) is 77.8 Å². The Balaban J connectivity index is 3.80. The Morgan fingerprint density at radius 1 is 0.917 bits per heavy atom. The van der Waals surface area contributed by atoms with E-state index in [9.17, 15) is 15.0 Å². The molecule has 0 radical (unpaired) electrons. The van der Waals surface area contributed by atoms with Crippen LogP contribution in [0.3, 0.4) is 0 Å². The molecule has 0 rings (SSSR count). The highest BCUT2D eigenvalue weighted by Crippen LogP contribution is 2.04. The van der Waals surface area contributed by atoms with Crippen molar-refractivity contribution in [2.24, 2.45) is 0 Å². The molecule has 3 N–H and O–H groups in total. The van der Waals surface area contributed by atoms with Gasteiger partial charge < -0.3 is 15.3 Å². The minimum atomic E-state index is -0.777. The molecule has 0 aliphatic carbocycles. The summed E-state index contributed by atoms with van der Waals surface area (Å²) in [7, 11) is 0. The molecule has 2 atom stereocenters. The molecule has 0 aromatic heterocycles. The Morgan fingerprint density at radius 2 is 1.58 bits per heavy atom. The van der Waals surface area contributed by atoms with Crippen molar-refractivity contribution < 1.29 is 20.1 Å². The van der Waals surface area contributed by atoms with Crippen LogP contribution in [0.1, 0.15) is 58.3 Å². The SMILES string of the molecule is CCCCC[C@H](O)C=CC=CC=C[C@H](O)CC=CCCCC(=O)O. The van der Waals surface area contributed by atoms with Crippen LogP contribution < -0.4 is 0 Å². The van der Waals surface area contributed by atoms with E-state index in [4.69, 9.17) is 5.11 Å². The van der Waals surface area contributed by atoms with Crippen LogP contribution in [0.5, 0.6) is 0 Å². The number of aliphatic carboxylic acids is 1. The van der Waals surface area contributed by atoms with E-state index >= 15 is 0 Å². The van der Waals surface area contributed by atoms with Crippen molar-refractivity contribution in [3.63, 3.8) is 0 Å². The van der Waals surface area contributed by atoms with Gasteiger partial charge in [0.2, 0.25) is 0 Å². The van der Waals surface area contributed by atoms with E-state index in [1.54, 1.807) is 18.2 Å². The Morgan fingerprint density at radius 3 is 2.21 bits per heavy atom. The van der Waals surface area contributed by atoms with Crippen LogP contribution in [0.2, 0.25) is 0 Å². The molecule has 0 amide bonds. The third-order valence-electron chi connectivity index (χ3n) is 3.41. The molecule has 0 bridgehead atoms. The molecule has 4 heteroatoms. The Labute approximate surface area is 145 Å². The predicted octanol–water partition coefficient (Wildman–Crippen LogP) is 4.16. The maximum absolute atomic E-state index is 10.3. The van der Waals surface area contributed by atoms with Crippen LogP contribution in [0, 0.1) is 0 Å². The summed E-state index contributed by atoms with van der Waals surface area (Å²) >= 11 is 0. The standard InChI is InChI=1S/C20H32O4/c1-2-3-8-13-18(21)14-9-4-5-10-15-19(22)16-11-6-7-12-17-20(23)24/h4-6,9-11,14-15,18-19,21-22H,2-3,7-8,12-13,16-17H2,1H3,(H,23,24)/t18-,19-/m0/s1. The first-order valence-corrected chi connectivity index (χ1v) is 8.80. The zero-order valence-electron chi connectivity index (χ0n) is 14.7. The number of allylic oxidation sites excluding steroid dienone is 5. The number of unbranched alkanes of at least 4 members (excludes halogenated alkanes) is 3. The second kappa shape index (κ2) is 16.2. The van der Waals surface area contributed by atoms with Gasteiger partial charge >= 0.3 is 5.97 Å². The highest BCUT2D eigenvalue weighted by Gasteiger charge is 1.97. The molecule has 24 heavy (non-hydrogen) atoms. The predicted molar refractivity (Wildman–Crippen MR) is 98.8 cm³/mol. The normalized spacial score (nSPS) is 15.1. The second-order valence-corrected chi connectivity index (χ2v) is 5.78. The average molecular weight is 336 g/mol. The monoisotopic (exact) mass is 336 g/mol. The van der Waals surface area contributed by atoms with Crippen LogP contribution in [-0.2, 0) is 4.79 Å². The van der Waals surface area contributed by atoms with Crippen molar-refractivity contribution in [2.75, 3.05) is 0 Å². The molecule has 0 aromatic rings. The number of carbonyl (C=O) groups is 1. The maximum atomic E-state index is 10.3. The van der Waals surface area contributed by atoms with Gasteiger partial charge in [-0.2, -0.15) is 0 Å². The summed E-state index contributed by atoms with van der Waals surface area (Å²) in [5, 5.41) is 27.9. The fourth-order valence-electron chi connectivity index (χ4n) is 2.02. The zero-order valence-corrected chi connectivity index (χ0v) is 14.7. The number of hydrogen-bond acceptors (Lipinski definition) is 3. The summed E-state index contributed by atoms with van der Waals surface area (Å²) in [5.74, 6) is -0.777. The van der Waals surface area contributed by atoms with Crippen LogP contribution in [0.15, 0.2) is 48.6 Å². The van der Waals surface area contributed by atoms with Crippen molar-refractivity contribution in [2.45, 2.75) is 70.5 Å². The first-order chi connectivity index (χ1) is 11.6. The molecule has 0 fully saturated rings. The number of rotatable bonds is 14. The van der Waals surface area contributed by atoms with Gasteiger partial charge in [0.05, 0.1) is 12.2 Å². The van der Waals surface area contributed by atoms with E-state index in [-0.39, 0.29) is 12.5 Å². The number of hydrogen-bond donors (Lipinski definition) is 3. The van der Waals surface area contributed by atoms with Gasteiger partial charge in [0.15, 0.2) is 0 Å². The molecule has 136 valence electrons. The molecule has 0 heterocycles. The van der Waals surface area contributed by atoms with Crippen molar-refractivity contribution >= 4 is 5.97 Å². The summed E-state index contributed by atoms with van der Waals surface area (Å²) in [4.78, 5) is 10.3. The van der Waals surface area contributed by atoms with Gasteiger partial charge in [-0.15, -0.1) is 0 Å². The smallest absolute Gasteiger partial charge is 0.303 e. The van der Waals surface area contributed by atoms with Gasteiger partial charge in [-0.25, -0.2) is 0 Å². The van der Waals surface area contributed by atoms with Crippen LogP contribution >= 0.6 is 0 Å². The van der Waals surface area contributed by atoms with Crippen molar-refractivity contribution in [1.29, 1.82) is 0 Å². The second-order valence-electron chi connectivity index (χ2n) is 5.78. The first kappa shape index (κ1) is 22.4. The molecule has 0 aliphatic heterocycles. The van der Waals surface area contributed by atoms with E-state index in [1.165, 1.54) is 0 Å². The lowest BCUT2D eigenvalue weighted by atomic mass is 10.1. The first-order valence-electron chi connectivity index (χ1n) is 8.80. The lowest BCUT2D eigenvalue weighted by Crippen LogP contribution is -2.00. The lowest BCUT2D eigenvalue weighted by Gasteiger charge is -2.02. The van der Waals surface area contributed by atoms with Crippen LogP contribution in [-0.4, -0.2) is 33.5 Å².